The molecule has 2 aromatic heterocycles. The molecule has 0 bridgehead atoms. The SMILES string of the molecule is O=S(=O)(Cc1ccccc1)n1cc(I)c2c(Cl)nc(Cl)nc21. The molecule has 3 aromatic rings. The number of hydrogen-bond acceptors (Lipinski definition) is 4. The highest BCUT2D eigenvalue weighted by Crippen LogP contribution is 2.30. The molecular weight excluding hydrogens is 460 g/mol. The third-order valence-corrected chi connectivity index (χ3v) is 5.82. The van der Waals surface area contributed by atoms with Gasteiger partial charge in [-0.05, 0) is 39.8 Å². The van der Waals surface area contributed by atoms with Crippen LogP contribution in [0, 0.1) is 3.57 Å². The minimum absolute atomic E-state index is 0.0943. The molecule has 0 aliphatic rings. The van der Waals surface area contributed by atoms with Crippen LogP contribution in [0.25, 0.3) is 11.0 Å². The van der Waals surface area contributed by atoms with Gasteiger partial charge < -0.3 is 0 Å². The van der Waals surface area contributed by atoms with E-state index in [9.17, 15) is 8.42 Å². The molecule has 0 N–H and O–H groups in total. The first-order valence-electron chi connectivity index (χ1n) is 6.05. The average Bonchev–Trinajstić information content (AvgIpc) is 2.77. The van der Waals surface area contributed by atoms with Gasteiger partial charge in [0.05, 0.1) is 11.1 Å². The van der Waals surface area contributed by atoms with Crippen molar-refractivity contribution < 1.29 is 8.42 Å². The molecule has 0 saturated heterocycles. The first-order chi connectivity index (χ1) is 10.4. The van der Waals surface area contributed by atoms with E-state index in [1.165, 1.54) is 6.20 Å². The fourth-order valence-corrected chi connectivity index (χ4v) is 5.07. The largest absolute Gasteiger partial charge is 0.244 e. The molecule has 9 heteroatoms. The van der Waals surface area contributed by atoms with Crippen molar-refractivity contribution in [2.24, 2.45) is 0 Å². The molecule has 0 spiro atoms. The predicted octanol–water partition coefficient (Wildman–Crippen LogP) is 3.72. The average molecular weight is 468 g/mol. The van der Waals surface area contributed by atoms with E-state index in [0.29, 0.717) is 14.5 Å². The van der Waals surface area contributed by atoms with E-state index in [4.69, 9.17) is 23.2 Å². The predicted molar refractivity (Wildman–Crippen MR) is 94.7 cm³/mol. The van der Waals surface area contributed by atoms with Crippen molar-refractivity contribution in [2.75, 3.05) is 0 Å². The van der Waals surface area contributed by atoms with Crippen LogP contribution in [0.5, 0.6) is 0 Å². The van der Waals surface area contributed by atoms with Crippen LogP contribution in [-0.2, 0) is 15.8 Å². The summed E-state index contributed by atoms with van der Waals surface area (Å²) >= 11 is 13.8. The van der Waals surface area contributed by atoms with E-state index in [-0.39, 0.29) is 21.8 Å². The van der Waals surface area contributed by atoms with Crippen LogP contribution in [-0.4, -0.2) is 22.4 Å². The van der Waals surface area contributed by atoms with Crippen LogP contribution in [0.2, 0.25) is 10.4 Å². The number of fused-ring (bicyclic) bond motifs is 1. The summed E-state index contributed by atoms with van der Waals surface area (Å²) in [5, 5.41) is 0.513. The highest BCUT2D eigenvalue weighted by molar-refractivity contribution is 14.1. The number of aromatic nitrogens is 3. The molecule has 22 heavy (non-hydrogen) atoms. The van der Waals surface area contributed by atoms with Crippen molar-refractivity contribution in [1.29, 1.82) is 0 Å². The second kappa shape index (κ2) is 5.95. The Morgan fingerprint density at radius 3 is 2.50 bits per heavy atom. The first-order valence-corrected chi connectivity index (χ1v) is 9.49. The molecule has 1 aromatic carbocycles. The Balaban J connectivity index is 2.17. The zero-order chi connectivity index (χ0) is 15.9. The van der Waals surface area contributed by atoms with Gasteiger partial charge in [-0.15, -0.1) is 0 Å². The van der Waals surface area contributed by atoms with Gasteiger partial charge in [0.1, 0.15) is 5.15 Å². The summed E-state index contributed by atoms with van der Waals surface area (Å²) in [7, 11) is -3.65. The monoisotopic (exact) mass is 467 g/mol. The summed E-state index contributed by atoms with van der Waals surface area (Å²) in [5.41, 5.74) is 0.871. The smallest absolute Gasteiger partial charge is 0.226 e. The van der Waals surface area contributed by atoms with Crippen LogP contribution in [0.15, 0.2) is 36.5 Å². The molecule has 0 unspecified atom stereocenters. The topological polar surface area (TPSA) is 64.8 Å². The van der Waals surface area contributed by atoms with Gasteiger partial charge in [0, 0.05) is 9.77 Å². The molecule has 114 valence electrons. The maximum Gasteiger partial charge on any atom is 0.244 e. The van der Waals surface area contributed by atoms with E-state index >= 15 is 0 Å². The Labute approximate surface area is 150 Å². The third-order valence-electron chi connectivity index (χ3n) is 2.99. The maximum absolute atomic E-state index is 12.7. The minimum Gasteiger partial charge on any atom is -0.226 e. The molecule has 0 aliphatic heterocycles. The van der Waals surface area contributed by atoms with Gasteiger partial charge in [0.25, 0.3) is 0 Å². The molecule has 0 aliphatic carbocycles. The molecule has 0 fully saturated rings. The van der Waals surface area contributed by atoms with Gasteiger partial charge in [-0.3, -0.25) is 0 Å². The maximum atomic E-state index is 12.7. The van der Waals surface area contributed by atoms with Crippen LogP contribution >= 0.6 is 45.8 Å². The van der Waals surface area contributed by atoms with E-state index in [2.05, 4.69) is 9.97 Å². The summed E-state index contributed by atoms with van der Waals surface area (Å²) in [5.74, 6) is -0.146. The van der Waals surface area contributed by atoms with Crippen LogP contribution in [0.3, 0.4) is 0 Å². The van der Waals surface area contributed by atoms with Gasteiger partial charge in [0.2, 0.25) is 15.3 Å². The van der Waals surface area contributed by atoms with Crippen molar-refractivity contribution in [3.8, 4) is 0 Å². The van der Waals surface area contributed by atoms with Crippen LogP contribution in [0.4, 0.5) is 0 Å². The number of rotatable bonds is 3. The number of hydrogen-bond donors (Lipinski definition) is 0. The molecule has 0 amide bonds. The molecule has 2 heterocycles. The highest BCUT2D eigenvalue weighted by atomic mass is 127. The molecule has 0 saturated carbocycles. The lowest BCUT2D eigenvalue weighted by Gasteiger charge is -2.07. The quantitative estimate of drug-likeness (QED) is 0.334. The Morgan fingerprint density at radius 1 is 1.14 bits per heavy atom. The zero-order valence-corrected chi connectivity index (χ0v) is 15.4. The lowest BCUT2D eigenvalue weighted by atomic mass is 10.2. The highest BCUT2D eigenvalue weighted by Gasteiger charge is 2.22. The summed E-state index contributed by atoms with van der Waals surface area (Å²) in [4.78, 5) is 7.86. The lowest BCUT2D eigenvalue weighted by Crippen LogP contribution is -2.14. The number of halogens is 3. The molecular formula is C13H8Cl2IN3O2S. The Bertz CT molecular complexity index is 958. The van der Waals surface area contributed by atoms with E-state index < -0.39 is 10.0 Å². The molecule has 0 radical (unpaired) electrons. The Hall–Kier alpha value is -0.900. The second-order valence-electron chi connectivity index (χ2n) is 4.50. The van der Waals surface area contributed by atoms with Crippen molar-refractivity contribution in [1.82, 2.24) is 13.9 Å². The second-order valence-corrected chi connectivity index (χ2v) is 8.20. The first kappa shape index (κ1) is 16.0. The van der Waals surface area contributed by atoms with Crippen molar-refractivity contribution in [3.05, 3.63) is 56.1 Å². The number of nitrogens with zero attached hydrogens (tertiary/aromatic N) is 3. The van der Waals surface area contributed by atoms with Crippen molar-refractivity contribution in [3.63, 3.8) is 0 Å². The molecule has 5 nitrogen and oxygen atoms in total. The van der Waals surface area contributed by atoms with Gasteiger partial charge in [-0.2, -0.15) is 4.98 Å². The van der Waals surface area contributed by atoms with Gasteiger partial charge in [0.15, 0.2) is 5.65 Å². The fraction of sp³-hybridized carbons (Fsp3) is 0.0769. The van der Waals surface area contributed by atoms with Crippen molar-refractivity contribution >= 4 is 66.8 Å². The molecule has 3 rings (SSSR count). The normalized spacial score (nSPS) is 12.0. The summed E-state index contributed by atoms with van der Waals surface area (Å²) in [6.07, 6.45) is 1.47. The van der Waals surface area contributed by atoms with Gasteiger partial charge in [-0.25, -0.2) is 17.4 Å². The lowest BCUT2D eigenvalue weighted by molar-refractivity contribution is 0.588. The van der Waals surface area contributed by atoms with E-state index in [1.807, 2.05) is 28.7 Å². The molecule has 0 atom stereocenters. The summed E-state index contributed by atoms with van der Waals surface area (Å²) in [6.45, 7) is 0. The summed E-state index contributed by atoms with van der Waals surface area (Å²) < 4.78 is 27.1. The minimum atomic E-state index is -3.65. The van der Waals surface area contributed by atoms with Gasteiger partial charge >= 0.3 is 0 Å². The van der Waals surface area contributed by atoms with E-state index in [1.54, 1.807) is 24.3 Å². The van der Waals surface area contributed by atoms with E-state index in [0.717, 1.165) is 3.97 Å². The summed E-state index contributed by atoms with van der Waals surface area (Å²) in [6, 6.07) is 8.92. The Kier molecular flexibility index (Phi) is 4.32. The third kappa shape index (κ3) is 2.94. The van der Waals surface area contributed by atoms with Crippen molar-refractivity contribution in [2.45, 2.75) is 5.75 Å². The van der Waals surface area contributed by atoms with Gasteiger partial charge in [-0.1, -0.05) is 41.9 Å². The van der Waals surface area contributed by atoms with Crippen LogP contribution in [0.1, 0.15) is 5.56 Å². The van der Waals surface area contributed by atoms with Crippen LogP contribution < -0.4 is 0 Å². The Morgan fingerprint density at radius 2 is 1.82 bits per heavy atom. The zero-order valence-electron chi connectivity index (χ0n) is 10.9. The number of benzene rings is 1. The standard InChI is InChI=1S/C13H8Cl2IN3O2S/c14-11-10-9(16)6-19(12(10)18-13(15)17-11)22(20,21)7-8-4-2-1-3-5-8/h1-6H,7H2. The fourth-order valence-electron chi connectivity index (χ4n) is 2.06.